The van der Waals surface area contributed by atoms with Gasteiger partial charge in [0.25, 0.3) is 0 Å². The molecule has 112 valence electrons. The van der Waals surface area contributed by atoms with Gasteiger partial charge in [-0.2, -0.15) is 0 Å². The summed E-state index contributed by atoms with van der Waals surface area (Å²) in [7, 11) is 0. The summed E-state index contributed by atoms with van der Waals surface area (Å²) in [5.74, 6) is 0.405. The second-order valence-electron chi connectivity index (χ2n) is 5.01. The second kappa shape index (κ2) is 6.03. The van der Waals surface area contributed by atoms with Gasteiger partial charge in [0.15, 0.2) is 0 Å². The van der Waals surface area contributed by atoms with Gasteiger partial charge in [-0.05, 0) is 30.7 Å². The van der Waals surface area contributed by atoms with E-state index in [1.807, 2.05) is 61.5 Å². The number of ether oxygens (including phenoxy) is 1. The summed E-state index contributed by atoms with van der Waals surface area (Å²) in [5, 5.41) is 10.00. The van der Waals surface area contributed by atoms with Crippen LogP contribution < -0.4 is 4.90 Å². The third-order valence-electron chi connectivity index (χ3n) is 3.66. The van der Waals surface area contributed by atoms with Crippen molar-refractivity contribution < 1.29 is 14.6 Å². The number of fused-ring (bicyclic) bond motifs is 1. The molecular weight excluding hydrogens is 278 g/mol. The third kappa shape index (κ3) is 2.61. The highest BCUT2D eigenvalue weighted by Gasteiger charge is 2.26. The number of carbonyl (C=O) groups excluding carboxylic acids is 1. The molecule has 0 radical (unpaired) electrons. The maximum absolute atomic E-state index is 12.4. The monoisotopic (exact) mass is 295 g/mol. The second-order valence-corrected chi connectivity index (χ2v) is 5.01. The number of carbonyl (C=O) groups is 1. The lowest BCUT2D eigenvalue weighted by Crippen LogP contribution is -2.30. The molecule has 1 N–H and O–H groups in total. The zero-order valence-electron chi connectivity index (χ0n) is 12.3. The number of hydrogen-bond donors (Lipinski definition) is 1. The molecule has 0 fully saturated rings. The molecule has 1 amide bonds. The SMILES string of the molecule is CCN(C(=O)OC1=CC(O)c2ccccc21)c1ccccc1. The molecule has 22 heavy (non-hydrogen) atoms. The summed E-state index contributed by atoms with van der Waals surface area (Å²) in [5.41, 5.74) is 2.29. The Kier molecular flexibility index (Phi) is 3.94. The Bertz CT molecular complexity index is 709. The molecule has 0 bridgehead atoms. The molecule has 0 saturated heterocycles. The van der Waals surface area contributed by atoms with Crippen molar-refractivity contribution in [2.45, 2.75) is 13.0 Å². The number of rotatable bonds is 3. The van der Waals surface area contributed by atoms with Crippen LogP contribution in [0.15, 0.2) is 60.7 Å². The number of amides is 1. The molecule has 2 aromatic rings. The first-order valence-corrected chi connectivity index (χ1v) is 7.24. The van der Waals surface area contributed by atoms with Gasteiger partial charge >= 0.3 is 6.09 Å². The average molecular weight is 295 g/mol. The summed E-state index contributed by atoms with van der Waals surface area (Å²) < 4.78 is 5.50. The molecule has 1 aliphatic carbocycles. The van der Waals surface area contributed by atoms with Gasteiger partial charge < -0.3 is 9.84 Å². The van der Waals surface area contributed by atoms with Crippen molar-refractivity contribution >= 4 is 17.5 Å². The van der Waals surface area contributed by atoms with E-state index in [1.54, 1.807) is 11.0 Å². The van der Waals surface area contributed by atoms with Crippen LogP contribution in [-0.2, 0) is 4.74 Å². The zero-order chi connectivity index (χ0) is 15.5. The predicted molar refractivity (Wildman–Crippen MR) is 85.3 cm³/mol. The minimum Gasteiger partial charge on any atom is -0.410 e. The van der Waals surface area contributed by atoms with Crippen molar-refractivity contribution in [3.63, 3.8) is 0 Å². The van der Waals surface area contributed by atoms with Crippen molar-refractivity contribution in [2.75, 3.05) is 11.4 Å². The van der Waals surface area contributed by atoms with Crippen molar-refractivity contribution in [3.8, 4) is 0 Å². The number of hydrogen-bond acceptors (Lipinski definition) is 3. The van der Waals surface area contributed by atoms with Gasteiger partial charge in [0.2, 0.25) is 0 Å². The van der Waals surface area contributed by atoms with Crippen molar-refractivity contribution in [1.82, 2.24) is 0 Å². The number of nitrogens with zero attached hydrogens (tertiary/aromatic N) is 1. The minimum absolute atomic E-state index is 0.405. The summed E-state index contributed by atoms with van der Waals surface area (Å²) in [6.45, 7) is 2.39. The summed E-state index contributed by atoms with van der Waals surface area (Å²) in [6, 6.07) is 16.7. The maximum atomic E-state index is 12.4. The molecule has 2 aromatic carbocycles. The van der Waals surface area contributed by atoms with Crippen LogP contribution in [0.1, 0.15) is 24.2 Å². The van der Waals surface area contributed by atoms with Crippen LogP contribution in [0.3, 0.4) is 0 Å². The highest BCUT2D eigenvalue weighted by Crippen LogP contribution is 2.35. The molecule has 0 aromatic heterocycles. The Morgan fingerprint density at radius 2 is 1.82 bits per heavy atom. The highest BCUT2D eigenvalue weighted by atomic mass is 16.6. The summed E-state index contributed by atoms with van der Waals surface area (Å²) in [6.07, 6.45) is 0.371. The Balaban J connectivity index is 1.82. The maximum Gasteiger partial charge on any atom is 0.419 e. The molecule has 0 saturated carbocycles. The van der Waals surface area contributed by atoms with Crippen LogP contribution in [0.4, 0.5) is 10.5 Å². The fraction of sp³-hybridized carbons (Fsp3) is 0.167. The largest absolute Gasteiger partial charge is 0.419 e. The van der Waals surface area contributed by atoms with E-state index in [0.717, 1.165) is 16.8 Å². The van der Waals surface area contributed by atoms with Crippen LogP contribution >= 0.6 is 0 Å². The highest BCUT2D eigenvalue weighted by molar-refractivity contribution is 5.91. The lowest BCUT2D eigenvalue weighted by atomic mass is 10.1. The van der Waals surface area contributed by atoms with Crippen molar-refractivity contribution in [1.29, 1.82) is 0 Å². The van der Waals surface area contributed by atoms with Gasteiger partial charge in [-0.25, -0.2) is 4.79 Å². The standard InChI is InChI=1S/C18H17NO3/c1-2-19(13-8-4-3-5-9-13)18(21)22-17-12-16(20)14-10-6-7-11-15(14)17/h3-12,16,20H,2H2,1H3. The number of aliphatic hydroxyl groups is 1. The van der Waals surface area contributed by atoms with Gasteiger partial charge in [0, 0.05) is 17.8 Å². The Labute approximate surface area is 129 Å². The van der Waals surface area contributed by atoms with Gasteiger partial charge in [-0.3, -0.25) is 4.90 Å². The van der Waals surface area contributed by atoms with Gasteiger partial charge in [-0.15, -0.1) is 0 Å². The summed E-state index contributed by atoms with van der Waals surface area (Å²) in [4.78, 5) is 14.0. The molecule has 0 aliphatic heterocycles. The minimum atomic E-state index is -0.731. The molecule has 4 heteroatoms. The summed E-state index contributed by atoms with van der Waals surface area (Å²) >= 11 is 0. The van der Waals surface area contributed by atoms with E-state index in [2.05, 4.69) is 0 Å². The van der Waals surface area contributed by atoms with Crippen LogP contribution in [0.25, 0.3) is 5.76 Å². The molecule has 3 rings (SSSR count). The van der Waals surface area contributed by atoms with E-state index in [4.69, 9.17) is 4.74 Å². The predicted octanol–water partition coefficient (Wildman–Crippen LogP) is 3.74. The fourth-order valence-electron chi connectivity index (χ4n) is 2.57. The van der Waals surface area contributed by atoms with E-state index >= 15 is 0 Å². The Hall–Kier alpha value is -2.59. The van der Waals surface area contributed by atoms with Crippen LogP contribution in [-0.4, -0.2) is 17.7 Å². The van der Waals surface area contributed by atoms with E-state index < -0.39 is 12.2 Å². The number of aliphatic hydroxyl groups excluding tert-OH is 1. The zero-order valence-corrected chi connectivity index (χ0v) is 12.3. The Morgan fingerprint density at radius 1 is 1.14 bits per heavy atom. The molecular formula is C18H17NO3. The topological polar surface area (TPSA) is 49.8 Å². The van der Waals surface area contributed by atoms with Crippen molar-refractivity contribution in [2.24, 2.45) is 0 Å². The molecule has 4 nitrogen and oxygen atoms in total. The van der Waals surface area contributed by atoms with Crippen LogP contribution in [0.2, 0.25) is 0 Å². The molecule has 0 heterocycles. The quantitative estimate of drug-likeness (QED) is 0.938. The first-order chi connectivity index (χ1) is 10.7. The molecule has 1 unspecified atom stereocenters. The lowest BCUT2D eigenvalue weighted by molar-refractivity contribution is 0.198. The van der Waals surface area contributed by atoms with Gasteiger partial charge in [0.1, 0.15) is 11.9 Å². The molecule has 1 aliphatic rings. The first-order valence-electron chi connectivity index (χ1n) is 7.24. The van der Waals surface area contributed by atoms with E-state index in [0.29, 0.717) is 12.3 Å². The first kappa shape index (κ1) is 14.4. The fourth-order valence-corrected chi connectivity index (χ4v) is 2.57. The van der Waals surface area contributed by atoms with Gasteiger partial charge in [0.05, 0.1) is 0 Å². The molecule has 0 spiro atoms. The van der Waals surface area contributed by atoms with E-state index in [1.165, 1.54) is 0 Å². The number of anilines is 1. The van der Waals surface area contributed by atoms with E-state index in [-0.39, 0.29) is 0 Å². The lowest BCUT2D eigenvalue weighted by Gasteiger charge is -2.20. The van der Waals surface area contributed by atoms with Gasteiger partial charge in [-0.1, -0.05) is 42.5 Å². The van der Waals surface area contributed by atoms with Crippen LogP contribution in [0.5, 0.6) is 0 Å². The normalized spacial score (nSPS) is 15.9. The average Bonchev–Trinajstić information content (AvgIpc) is 2.86. The Morgan fingerprint density at radius 3 is 2.55 bits per heavy atom. The molecule has 1 atom stereocenters. The van der Waals surface area contributed by atoms with Crippen LogP contribution in [0, 0.1) is 0 Å². The third-order valence-corrected chi connectivity index (χ3v) is 3.66. The van der Waals surface area contributed by atoms with E-state index in [9.17, 15) is 9.90 Å². The number of benzene rings is 2. The smallest absolute Gasteiger partial charge is 0.410 e. The van der Waals surface area contributed by atoms with Crippen molar-refractivity contribution in [3.05, 3.63) is 71.8 Å². The number of para-hydroxylation sites is 1.